The molecule has 182 valence electrons. The highest BCUT2D eigenvalue weighted by Crippen LogP contribution is 2.28. The van der Waals surface area contributed by atoms with Gasteiger partial charge in [0.1, 0.15) is 23.5 Å². The van der Waals surface area contributed by atoms with Gasteiger partial charge in [-0.25, -0.2) is 18.7 Å². The van der Waals surface area contributed by atoms with Gasteiger partial charge in [-0.15, -0.1) is 0 Å². The van der Waals surface area contributed by atoms with Crippen LogP contribution in [0.5, 0.6) is 0 Å². The Balaban J connectivity index is 0.000000917. The number of hydrogen-bond donors (Lipinski definition) is 1. The van der Waals surface area contributed by atoms with E-state index in [-0.39, 0.29) is 24.7 Å². The van der Waals surface area contributed by atoms with Crippen molar-refractivity contribution in [2.45, 2.75) is 26.3 Å². The fraction of sp³-hybridized carbons (Fsp3) is 0.292. The van der Waals surface area contributed by atoms with Crippen LogP contribution in [0.15, 0.2) is 53.4 Å². The molecule has 1 aliphatic heterocycles. The molecular formula is C24H24F2N6O3. The number of halogens is 2. The van der Waals surface area contributed by atoms with E-state index in [1.54, 1.807) is 35.0 Å². The number of carbonyl (C=O) groups is 1. The SMILES string of the molecule is CC1CCCN(c2nc(-c3cc(-c4ccon4)n(Cc4ccccc4F)n3)ncc2F)C1.O=CO. The highest BCUT2D eigenvalue weighted by Gasteiger charge is 2.23. The third-order valence-electron chi connectivity index (χ3n) is 5.67. The molecule has 4 heterocycles. The summed E-state index contributed by atoms with van der Waals surface area (Å²) in [5.41, 5.74) is 2.10. The van der Waals surface area contributed by atoms with E-state index < -0.39 is 5.82 Å². The minimum atomic E-state index is -0.453. The third-order valence-corrected chi connectivity index (χ3v) is 5.67. The molecule has 1 atom stereocenters. The van der Waals surface area contributed by atoms with Crippen molar-refractivity contribution in [1.82, 2.24) is 24.9 Å². The first-order chi connectivity index (χ1) is 17.0. The number of benzene rings is 1. The minimum Gasteiger partial charge on any atom is -0.483 e. The Bertz CT molecular complexity index is 1280. The zero-order valence-electron chi connectivity index (χ0n) is 19.0. The Hall–Kier alpha value is -4.15. The predicted octanol–water partition coefficient (Wildman–Crippen LogP) is 4.26. The standard InChI is InChI=1S/C23H22F2N6O.CH2O2/c1-15-5-4-9-30(13-15)23-18(25)12-26-22(27-23)20-11-21(19-8-10-32-29-19)31(28-20)14-16-6-2-3-7-17(16)24;2-1-3/h2-3,6-8,10-12,15H,4-5,9,13-14H2,1H3;1H,(H,2,3). The van der Waals surface area contributed by atoms with Crippen LogP contribution in [0.4, 0.5) is 14.6 Å². The molecule has 0 spiro atoms. The average Bonchev–Trinajstić information content (AvgIpc) is 3.52. The van der Waals surface area contributed by atoms with E-state index in [0.717, 1.165) is 25.9 Å². The average molecular weight is 482 g/mol. The van der Waals surface area contributed by atoms with Crippen LogP contribution in [0.2, 0.25) is 0 Å². The molecule has 11 heteroatoms. The first kappa shape index (κ1) is 24.0. The maximum absolute atomic E-state index is 14.6. The molecule has 0 aliphatic carbocycles. The molecule has 1 unspecified atom stereocenters. The lowest BCUT2D eigenvalue weighted by molar-refractivity contribution is -0.122. The van der Waals surface area contributed by atoms with Crippen LogP contribution in [0, 0.1) is 17.6 Å². The second kappa shape index (κ2) is 10.9. The van der Waals surface area contributed by atoms with Gasteiger partial charge in [0.25, 0.3) is 6.47 Å². The third kappa shape index (κ3) is 5.51. The van der Waals surface area contributed by atoms with Crippen LogP contribution in [0.1, 0.15) is 25.3 Å². The number of anilines is 1. The van der Waals surface area contributed by atoms with Crippen molar-refractivity contribution in [3.05, 3.63) is 66.1 Å². The van der Waals surface area contributed by atoms with Gasteiger partial charge in [0.2, 0.25) is 0 Å². The Morgan fingerprint density at radius 2 is 2.00 bits per heavy atom. The predicted molar refractivity (Wildman–Crippen MR) is 124 cm³/mol. The lowest BCUT2D eigenvalue weighted by atomic mass is 10.0. The fourth-order valence-corrected chi connectivity index (χ4v) is 4.07. The molecule has 1 N–H and O–H groups in total. The lowest BCUT2D eigenvalue weighted by Gasteiger charge is -2.31. The highest BCUT2D eigenvalue weighted by atomic mass is 19.1. The van der Waals surface area contributed by atoms with E-state index in [2.05, 4.69) is 27.1 Å². The summed E-state index contributed by atoms with van der Waals surface area (Å²) < 4.78 is 35.5. The lowest BCUT2D eigenvalue weighted by Crippen LogP contribution is -2.35. The summed E-state index contributed by atoms with van der Waals surface area (Å²) in [6.07, 6.45) is 4.76. The van der Waals surface area contributed by atoms with Gasteiger partial charge in [-0.2, -0.15) is 5.10 Å². The van der Waals surface area contributed by atoms with E-state index in [9.17, 15) is 8.78 Å². The summed E-state index contributed by atoms with van der Waals surface area (Å²) >= 11 is 0. The van der Waals surface area contributed by atoms with Crippen molar-refractivity contribution in [1.29, 1.82) is 0 Å². The van der Waals surface area contributed by atoms with Crippen LogP contribution in [-0.4, -0.2) is 49.6 Å². The van der Waals surface area contributed by atoms with E-state index >= 15 is 0 Å². The molecular weight excluding hydrogens is 458 g/mol. The van der Waals surface area contributed by atoms with Crippen molar-refractivity contribution in [2.75, 3.05) is 18.0 Å². The molecule has 35 heavy (non-hydrogen) atoms. The van der Waals surface area contributed by atoms with Crippen LogP contribution >= 0.6 is 0 Å². The molecule has 0 bridgehead atoms. The summed E-state index contributed by atoms with van der Waals surface area (Å²) in [6.45, 7) is 3.59. The second-order valence-corrected chi connectivity index (χ2v) is 8.21. The minimum absolute atomic E-state index is 0.187. The first-order valence-electron chi connectivity index (χ1n) is 11.1. The van der Waals surface area contributed by atoms with Crippen molar-refractivity contribution < 1.29 is 23.2 Å². The largest absolute Gasteiger partial charge is 0.483 e. The number of nitrogens with zero attached hydrogens (tertiary/aromatic N) is 6. The zero-order chi connectivity index (χ0) is 24.8. The van der Waals surface area contributed by atoms with Crippen LogP contribution in [-0.2, 0) is 11.3 Å². The van der Waals surface area contributed by atoms with E-state index in [4.69, 9.17) is 14.4 Å². The van der Waals surface area contributed by atoms with Crippen molar-refractivity contribution in [3.63, 3.8) is 0 Å². The Kier molecular flexibility index (Phi) is 7.44. The molecule has 1 aliphatic rings. The number of aromatic nitrogens is 5. The number of rotatable bonds is 5. The van der Waals surface area contributed by atoms with Crippen LogP contribution < -0.4 is 4.90 Å². The van der Waals surface area contributed by atoms with Gasteiger partial charge in [-0.1, -0.05) is 30.3 Å². The van der Waals surface area contributed by atoms with Gasteiger partial charge in [0, 0.05) is 24.7 Å². The van der Waals surface area contributed by atoms with Gasteiger partial charge in [-0.05, 0) is 30.9 Å². The van der Waals surface area contributed by atoms with Crippen LogP contribution in [0.3, 0.4) is 0 Å². The van der Waals surface area contributed by atoms with Gasteiger partial charge in [0.05, 0.1) is 18.4 Å². The molecule has 0 radical (unpaired) electrons. The summed E-state index contributed by atoms with van der Waals surface area (Å²) in [5, 5.41) is 15.5. The van der Waals surface area contributed by atoms with Gasteiger partial charge in [0.15, 0.2) is 17.5 Å². The highest BCUT2D eigenvalue weighted by molar-refractivity contribution is 5.63. The first-order valence-corrected chi connectivity index (χ1v) is 11.1. The van der Waals surface area contributed by atoms with Gasteiger partial charge < -0.3 is 14.5 Å². The second-order valence-electron chi connectivity index (χ2n) is 8.21. The number of carboxylic acid groups (broad SMARTS) is 1. The maximum Gasteiger partial charge on any atom is 0.290 e. The molecule has 1 saturated heterocycles. The topological polar surface area (TPSA) is 110 Å². The summed E-state index contributed by atoms with van der Waals surface area (Å²) in [7, 11) is 0. The van der Waals surface area contributed by atoms with Crippen molar-refractivity contribution >= 4 is 12.3 Å². The molecule has 1 fully saturated rings. The summed E-state index contributed by atoms with van der Waals surface area (Å²) in [4.78, 5) is 19.0. The quantitative estimate of drug-likeness (QED) is 0.420. The van der Waals surface area contributed by atoms with E-state index in [1.807, 2.05) is 4.90 Å². The normalized spacial score (nSPS) is 15.4. The zero-order valence-corrected chi connectivity index (χ0v) is 19.0. The smallest absolute Gasteiger partial charge is 0.290 e. The molecule has 3 aromatic heterocycles. The van der Waals surface area contributed by atoms with Gasteiger partial charge in [-0.3, -0.25) is 9.48 Å². The molecule has 0 saturated carbocycles. The Morgan fingerprint density at radius 3 is 2.71 bits per heavy atom. The Morgan fingerprint density at radius 1 is 1.20 bits per heavy atom. The van der Waals surface area contributed by atoms with Crippen molar-refractivity contribution in [2.24, 2.45) is 5.92 Å². The number of hydrogen-bond acceptors (Lipinski definition) is 7. The molecule has 5 rings (SSSR count). The molecule has 0 amide bonds. The Labute approximate surface area is 200 Å². The van der Waals surface area contributed by atoms with Gasteiger partial charge >= 0.3 is 0 Å². The maximum atomic E-state index is 14.6. The summed E-state index contributed by atoms with van der Waals surface area (Å²) in [6, 6.07) is 9.98. The van der Waals surface area contributed by atoms with Crippen LogP contribution in [0.25, 0.3) is 22.9 Å². The molecule has 4 aromatic rings. The number of piperidine rings is 1. The van der Waals surface area contributed by atoms with E-state index in [0.29, 0.717) is 34.4 Å². The van der Waals surface area contributed by atoms with Crippen molar-refractivity contribution in [3.8, 4) is 22.9 Å². The monoisotopic (exact) mass is 482 g/mol. The van der Waals surface area contributed by atoms with E-state index in [1.165, 1.54) is 18.5 Å². The fourth-order valence-electron chi connectivity index (χ4n) is 4.07. The molecule has 9 nitrogen and oxygen atoms in total. The molecule has 1 aromatic carbocycles. The summed E-state index contributed by atoms with van der Waals surface area (Å²) in [5.74, 6) is 0.283.